The van der Waals surface area contributed by atoms with Gasteiger partial charge in [-0.2, -0.15) is 0 Å². The van der Waals surface area contributed by atoms with E-state index in [9.17, 15) is 9.90 Å². The Labute approximate surface area is 135 Å². The van der Waals surface area contributed by atoms with Crippen LogP contribution in [-0.2, 0) is 7.05 Å². The van der Waals surface area contributed by atoms with Crippen molar-refractivity contribution in [2.45, 2.75) is 0 Å². The van der Waals surface area contributed by atoms with Gasteiger partial charge in [0.2, 0.25) is 5.88 Å². The number of para-hydroxylation sites is 2. The molecule has 0 radical (unpaired) electrons. The van der Waals surface area contributed by atoms with Crippen LogP contribution in [0.15, 0.2) is 63.6 Å². The van der Waals surface area contributed by atoms with Crippen molar-refractivity contribution in [1.29, 1.82) is 0 Å². The molecule has 4 aromatic rings. The smallest absolute Gasteiger partial charge is 0.262 e. The predicted molar refractivity (Wildman–Crippen MR) is 91.1 cm³/mol. The van der Waals surface area contributed by atoms with E-state index >= 15 is 0 Å². The maximum atomic E-state index is 12.4. The minimum atomic E-state index is -0.197. The molecule has 0 amide bonds. The van der Waals surface area contributed by atoms with Crippen LogP contribution in [0.5, 0.6) is 5.88 Å². The monoisotopic (exact) mass is 319 g/mol. The molecule has 0 spiro atoms. The van der Waals surface area contributed by atoms with Crippen molar-refractivity contribution in [3.8, 4) is 5.88 Å². The number of H-pyrrole nitrogens is 1. The molecule has 0 bridgehead atoms. The number of fused-ring (bicyclic) bond motifs is 2. The summed E-state index contributed by atoms with van der Waals surface area (Å²) in [7, 11) is 1.59. The molecular weight excluding hydrogens is 306 g/mol. The summed E-state index contributed by atoms with van der Waals surface area (Å²) >= 11 is 0. The average Bonchev–Trinajstić information content (AvgIpc) is 2.92. The lowest BCUT2D eigenvalue weighted by molar-refractivity contribution is 0.459. The van der Waals surface area contributed by atoms with Crippen LogP contribution in [0.25, 0.3) is 21.8 Å². The summed E-state index contributed by atoms with van der Waals surface area (Å²) in [5.41, 5.74) is 1.42. The molecule has 118 valence electrons. The molecule has 4 rings (SSSR count). The number of nitrogens with one attached hydrogen (secondary N) is 1. The molecule has 0 saturated heterocycles. The molecule has 0 unspecified atom stereocenters. The number of aromatic nitrogens is 3. The van der Waals surface area contributed by atoms with Crippen LogP contribution in [0.3, 0.4) is 0 Å². The highest BCUT2D eigenvalue weighted by Crippen LogP contribution is 2.35. The van der Waals surface area contributed by atoms with Gasteiger partial charge in [-0.05, 0) is 18.2 Å². The Morgan fingerprint density at radius 3 is 2.58 bits per heavy atom. The van der Waals surface area contributed by atoms with Crippen molar-refractivity contribution < 1.29 is 5.11 Å². The Kier molecular flexibility index (Phi) is 3.13. The number of nitrogens with zero attached hydrogens (tertiary/aromatic N) is 4. The lowest BCUT2D eigenvalue weighted by Crippen LogP contribution is -2.17. The molecule has 7 nitrogen and oxygen atoms in total. The first-order valence-corrected chi connectivity index (χ1v) is 7.32. The third kappa shape index (κ3) is 2.14. The molecule has 0 fully saturated rings. The van der Waals surface area contributed by atoms with E-state index in [1.807, 2.05) is 24.3 Å². The first-order chi connectivity index (χ1) is 11.6. The normalized spacial score (nSPS) is 11.7. The number of azo groups is 1. The molecule has 0 atom stereocenters. The third-order valence-electron chi connectivity index (χ3n) is 3.86. The van der Waals surface area contributed by atoms with Crippen molar-refractivity contribution in [3.05, 3.63) is 58.9 Å². The minimum Gasteiger partial charge on any atom is -0.493 e. The van der Waals surface area contributed by atoms with Crippen LogP contribution >= 0.6 is 0 Å². The first kappa shape index (κ1) is 14.1. The van der Waals surface area contributed by atoms with E-state index in [1.165, 1.54) is 4.57 Å². The highest BCUT2D eigenvalue weighted by Gasteiger charge is 2.11. The average molecular weight is 319 g/mol. The second-order valence-electron chi connectivity index (χ2n) is 5.36. The molecule has 24 heavy (non-hydrogen) atoms. The number of aromatic hydroxyl groups is 1. The molecule has 2 N–H and O–H groups in total. The molecule has 0 saturated carbocycles. The molecule has 7 heteroatoms. The fourth-order valence-corrected chi connectivity index (χ4v) is 2.60. The quantitative estimate of drug-likeness (QED) is 0.553. The zero-order valence-electron chi connectivity index (χ0n) is 12.8. The van der Waals surface area contributed by atoms with Crippen LogP contribution < -0.4 is 5.56 Å². The number of hydrogen-bond donors (Lipinski definition) is 2. The van der Waals surface area contributed by atoms with E-state index in [2.05, 4.69) is 20.2 Å². The van der Waals surface area contributed by atoms with E-state index in [0.29, 0.717) is 16.6 Å². The lowest BCUT2D eigenvalue weighted by Gasteiger charge is -2.03. The standard InChI is InChI=1S/C17H13N5O2/c1-22-16(24)11-7-3-5-9-13(11)19-17(22)21-20-14-10-6-2-4-8-12(10)18-15(14)23/h2-9,18,23H,1H3. The number of benzene rings is 2. The summed E-state index contributed by atoms with van der Waals surface area (Å²) in [6.45, 7) is 0. The Morgan fingerprint density at radius 1 is 1.04 bits per heavy atom. The Hall–Kier alpha value is -3.48. The van der Waals surface area contributed by atoms with Gasteiger partial charge in [0, 0.05) is 12.4 Å². The van der Waals surface area contributed by atoms with Crippen molar-refractivity contribution >= 4 is 33.4 Å². The second-order valence-corrected chi connectivity index (χ2v) is 5.36. The summed E-state index contributed by atoms with van der Waals surface area (Å²) in [5, 5.41) is 19.4. The third-order valence-corrected chi connectivity index (χ3v) is 3.86. The van der Waals surface area contributed by atoms with Crippen molar-refractivity contribution in [2.24, 2.45) is 17.3 Å². The van der Waals surface area contributed by atoms with Gasteiger partial charge in [0.25, 0.3) is 11.5 Å². The van der Waals surface area contributed by atoms with Crippen LogP contribution in [0.2, 0.25) is 0 Å². The fraction of sp³-hybridized carbons (Fsp3) is 0.0588. The van der Waals surface area contributed by atoms with Gasteiger partial charge in [-0.1, -0.05) is 30.3 Å². The minimum absolute atomic E-state index is 0.0780. The van der Waals surface area contributed by atoms with Gasteiger partial charge < -0.3 is 10.1 Å². The maximum absolute atomic E-state index is 12.4. The first-order valence-electron chi connectivity index (χ1n) is 7.32. The van der Waals surface area contributed by atoms with E-state index in [-0.39, 0.29) is 17.4 Å². The summed E-state index contributed by atoms with van der Waals surface area (Å²) in [5.74, 6) is 0.0918. The summed E-state index contributed by atoms with van der Waals surface area (Å²) < 4.78 is 1.33. The van der Waals surface area contributed by atoms with E-state index in [4.69, 9.17) is 0 Å². The van der Waals surface area contributed by atoms with Gasteiger partial charge in [-0.15, -0.1) is 10.2 Å². The maximum Gasteiger partial charge on any atom is 0.262 e. The summed E-state index contributed by atoms with van der Waals surface area (Å²) in [4.78, 5) is 19.5. The molecular formula is C17H13N5O2. The van der Waals surface area contributed by atoms with Crippen molar-refractivity contribution in [3.63, 3.8) is 0 Å². The SMILES string of the molecule is Cn1c(N=Nc2c(O)[nH]c3ccccc23)nc2ccccc2c1=O. The molecule has 0 aliphatic heterocycles. The van der Waals surface area contributed by atoms with Gasteiger partial charge in [-0.25, -0.2) is 4.98 Å². The number of rotatable bonds is 2. The molecule has 2 heterocycles. The van der Waals surface area contributed by atoms with Crippen LogP contribution in [0.1, 0.15) is 0 Å². The van der Waals surface area contributed by atoms with Crippen molar-refractivity contribution in [1.82, 2.24) is 14.5 Å². The van der Waals surface area contributed by atoms with Gasteiger partial charge in [0.1, 0.15) is 0 Å². The van der Waals surface area contributed by atoms with Gasteiger partial charge in [-0.3, -0.25) is 9.36 Å². The Balaban J connectivity index is 1.87. The zero-order chi connectivity index (χ0) is 16.7. The Bertz CT molecular complexity index is 1160. The molecule has 2 aromatic heterocycles. The van der Waals surface area contributed by atoms with Crippen molar-refractivity contribution in [2.75, 3.05) is 0 Å². The van der Waals surface area contributed by atoms with E-state index < -0.39 is 0 Å². The van der Waals surface area contributed by atoms with Crippen LogP contribution in [0, 0.1) is 0 Å². The van der Waals surface area contributed by atoms with E-state index in [1.54, 1.807) is 31.3 Å². The molecule has 0 aliphatic carbocycles. The van der Waals surface area contributed by atoms with Crippen LogP contribution in [0.4, 0.5) is 11.6 Å². The predicted octanol–water partition coefficient (Wildman–Crippen LogP) is 3.54. The summed E-state index contributed by atoms with van der Waals surface area (Å²) in [6, 6.07) is 14.4. The molecule has 0 aliphatic rings. The topological polar surface area (TPSA) is 95.6 Å². The van der Waals surface area contributed by atoms with Gasteiger partial charge in [0.05, 0.1) is 16.4 Å². The number of hydrogen-bond acceptors (Lipinski definition) is 5. The van der Waals surface area contributed by atoms with E-state index in [0.717, 1.165) is 10.9 Å². The lowest BCUT2D eigenvalue weighted by atomic mass is 10.2. The largest absolute Gasteiger partial charge is 0.493 e. The van der Waals surface area contributed by atoms with Gasteiger partial charge >= 0.3 is 0 Å². The highest BCUT2D eigenvalue weighted by atomic mass is 16.3. The van der Waals surface area contributed by atoms with Gasteiger partial charge in [0.15, 0.2) is 5.69 Å². The second kappa shape index (κ2) is 5.31. The number of aromatic amines is 1. The fourth-order valence-electron chi connectivity index (χ4n) is 2.60. The van der Waals surface area contributed by atoms with Crippen LogP contribution in [-0.4, -0.2) is 19.6 Å². The Morgan fingerprint density at radius 2 is 1.75 bits per heavy atom. The highest BCUT2D eigenvalue weighted by molar-refractivity contribution is 5.94. The molecule has 2 aromatic carbocycles. The zero-order valence-corrected chi connectivity index (χ0v) is 12.8. The summed E-state index contributed by atoms with van der Waals surface area (Å²) in [6.07, 6.45) is 0.